The molecule has 0 radical (unpaired) electrons. The summed E-state index contributed by atoms with van der Waals surface area (Å²) in [6.07, 6.45) is 3.49. The molecule has 0 amide bonds. The fourth-order valence-electron chi connectivity index (χ4n) is 2.28. The third kappa shape index (κ3) is 1.90. The van der Waals surface area contributed by atoms with Crippen molar-refractivity contribution >= 4 is 0 Å². The van der Waals surface area contributed by atoms with Gasteiger partial charge in [0.1, 0.15) is 5.75 Å². The molecule has 0 bridgehead atoms. The lowest BCUT2D eigenvalue weighted by atomic mass is 9.84. The Balaban J connectivity index is 2.15. The molecule has 2 N–H and O–H groups in total. The molecule has 2 nitrogen and oxygen atoms in total. The fraction of sp³-hybridized carbons (Fsp3) is 0.500. The zero-order valence-electron chi connectivity index (χ0n) is 8.59. The van der Waals surface area contributed by atoms with Gasteiger partial charge in [0.2, 0.25) is 0 Å². The molecule has 1 aromatic carbocycles. The molecule has 2 heteroatoms. The monoisotopic (exact) mass is 191 g/mol. The van der Waals surface area contributed by atoms with Gasteiger partial charge >= 0.3 is 0 Å². The summed E-state index contributed by atoms with van der Waals surface area (Å²) in [5, 5.41) is 12.6. The first-order valence-corrected chi connectivity index (χ1v) is 5.25. The highest BCUT2D eigenvalue weighted by atomic mass is 16.3. The third-order valence-corrected chi connectivity index (χ3v) is 3.01. The number of nitrogens with one attached hydrogen (secondary N) is 1. The average Bonchev–Trinajstić information content (AvgIpc) is 2.19. The molecule has 0 aromatic heterocycles. The minimum Gasteiger partial charge on any atom is -0.508 e. The summed E-state index contributed by atoms with van der Waals surface area (Å²) in [5.41, 5.74) is 2.74. The van der Waals surface area contributed by atoms with Crippen molar-refractivity contribution in [2.75, 3.05) is 13.6 Å². The molecule has 0 aliphatic heterocycles. The second-order valence-electron chi connectivity index (χ2n) is 4.12. The van der Waals surface area contributed by atoms with E-state index >= 15 is 0 Å². The highest BCUT2D eigenvalue weighted by Crippen LogP contribution is 2.27. The van der Waals surface area contributed by atoms with Crippen LogP contribution in [0.25, 0.3) is 0 Å². The molecular formula is C12H17NO. The van der Waals surface area contributed by atoms with Crippen LogP contribution in [0.1, 0.15) is 17.5 Å². The highest BCUT2D eigenvalue weighted by Gasteiger charge is 2.17. The minimum atomic E-state index is 0.399. The Kier molecular flexibility index (Phi) is 2.73. The summed E-state index contributed by atoms with van der Waals surface area (Å²) in [5.74, 6) is 1.16. The van der Waals surface area contributed by atoms with Crippen LogP contribution < -0.4 is 5.32 Å². The lowest BCUT2D eigenvalue weighted by molar-refractivity contribution is 0.435. The molecule has 14 heavy (non-hydrogen) atoms. The predicted octanol–water partition coefficient (Wildman–Crippen LogP) is 1.72. The fourth-order valence-corrected chi connectivity index (χ4v) is 2.28. The Morgan fingerprint density at radius 2 is 2.29 bits per heavy atom. The van der Waals surface area contributed by atoms with Gasteiger partial charge < -0.3 is 10.4 Å². The van der Waals surface area contributed by atoms with E-state index in [9.17, 15) is 5.11 Å². The molecule has 0 saturated carbocycles. The normalized spacial score (nSPS) is 20.5. The number of phenolic OH excluding ortho intramolecular Hbond substituents is 1. The van der Waals surface area contributed by atoms with Gasteiger partial charge in [-0.15, -0.1) is 0 Å². The number of aromatic hydroxyl groups is 1. The molecule has 2 rings (SSSR count). The second kappa shape index (κ2) is 4.01. The van der Waals surface area contributed by atoms with Gasteiger partial charge in [-0.3, -0.25) is 0 Å². The first-order valence-electron chi connectivity index (χ1n) is 5.25. The van der Waals surface area contributed by atoms with Crippen LogP contribution in [0.15, 0.2) is 18.2 Å². The van der Waals surface area contributed by atoms with E-state index in [1.807, 2.05) is 13.1 Å². The zero-order chi connectivity index (χ0) is 9.97. The van der Waals surface area contributed by atoms with Gasteiger partial charge in [-0.25, -0.2) is 0 Å². The second-order valence-corrected chi connectivity index (χ2v) is 4.12. The maximum Gasteiger partial charge on any atom is 0.115 e. The van der Waals surface area contributed by atoms with Gasteiger partial charge in [-0.1, -0.05) is 6.07 Å². The van der Waals surface area contributed by atoms with Crippen molar-refractivity contribution in [1.29, 1.82) is 0 Å². The number of benzene rings is 1. The zero-order valence-corrected chi connectivity index (χ0v) is 8.59. The van der Waals surface area contributed by atoms with Crippen molar-refractivity contribution in [1.82, 2.24) is 5.32 Å². The topological polar surface area (TPSA) is 32.3 Å². The maximum atomic E-state index is 9.35. The number of hydrogen-bond donors (Lipinski definition) is 2. The lowest BCUT2D eigenvalue weighted by Crippen LogP contribution is -2.24. The summed E-state index contributed by atoms with van der Waals surface area (Å²) in [7, 11) is 2.01. The number of rotatable bonds is 2. The van der Waals surface area contributed by atoms with Crippen molar-refractivity contribution in [2.45, 2.75) is 19.3 Å². The van der Waals surface area contributed by atoms with Crippen LogP contribution >= 0.6 is 0 Å². The molecule has 1 aliphatic carbocycles. The first kappa shape index (κ1) is 9.53. The summed E-state index contributed by atoms with van der Waals surface area (Å²) < 4.78 is 0. The van der Waals surface area contributed by atoms with E-state index in [2.05, 4.69) is 11.4 Å². The number of phenols is 1. The third-order valence-electron chi connectivity index (χ3n) is 3.01. The van der Waals surface area contributed by atoms with E-state index in [1.165, 1.54) is 17.5 Å². The van der Waals surface area contributed by atoms with Crippen molar-refractivity contribution in [2.24, 2.45) is 5.92 Å². The summed E-state index contributed by atoms with van der Waals surface area (Å²) in [6.45, 7) is 1.10. The summed E-state index contributed by atoms with van der Waals surface area (Å²) in [6, 6.07) is 5.76. The Bertz CT molecular complexity index is 322. The number of hydrogen-bond acceptors (Lipinski definition) is 2. The molecule has 0 saturated heterocycles. The van der Waals surface area contributed by atoms with Gasteiger partial charge in [0.25, 0.3) is 0 Å². The van der Waals surface area contributed by atoms with Crippen LogP contribution in [0.4, 0.5) is 0 Å². The van der Waals surface area contributed by atoms with Gasteiger partial charge in [0.05, 0.1) is 0 Å². The lowest BCUT2D eigenvalue weighted by Gasteiger charge is -2.24. The Labute approximate surface area is 85.0 Å². The van der Waals surface area contributed by atoms with Gasteiger partial charge in [0.15, 0.2) is 0 Å². The number of fused-ring (bicyclic) bond motifs is 1. The van der Waals surface area contributed by atoms with E-state index < -0.39 is 0 Å². The van der Waals surface area contributed by atoms with Gasteiger partial charge in [-0.2, -0.15) is 0 Å². The quantitative estimate of drug-likeness (QED) is 0.746. The Morgan fingerprint density at radius 1 is 1.43 bits per heavy atom. The largest absolute Gasteiger partial charge is 0.508 e. The molecule has 1 aliphatic rings. The van der Waals surface area contributed by atoms with Crippen LogP contribution in [-0.4, -0.2) is 18.7 Å². The van der Waals surface area contributed by atoms with E-state index in [0.29, 0.717) is 5.75 Å². The molecule has 1 unspecified atom stereocenters. The van der Waals surface area contributed by atoms with Gasteiger partial charge in [-0.05, 0) is 62.0 Å². The standard InChI is InChI=1S/C12H17NO/c1-13-8-9-2-3-11-7-12(14)5-4-10(11)6-9/h4-5,7,9,13-14H,2-3,6,8H2,1H3. The molecule has 1 aromatic rings. The molecule has 1 atom stereocenters. The predicted molar refractivity (Wildman–Crippen MR) is 57.5 cm³/mol. The van der Waals surface area contributed by atoms with Crippen molar-refractivity contribution in [3.8, 4) is 5.75 Å². The van der Waals surface area contributed by atoms with E-state index in [0.717, 1.165) is 25.3 Å². The molecule has 76 valence electrons. The SMILES string of the molecule is CNCC1CCc2cc(O)ccc2C1. The average molecular weight is 191 g/mol. The van der Waals surface area contributed by atoms with Crippen molar-refractivity contribution in [3.05, 3.63) is 29.3 Å². The molecule has 0 fully saturated rings. The van der Waals surface area contributed by atoms with Crippen molar-refractivity contribution < 1.29 is 5.11 Å². The number of aryl methyl sites for hydroxylation is 1. The molecule has 0 spiro atoms. The summed E-state index contributed by atoms with van der Waals surface area (Å²) >= 11 is 0. The smallest absolute Gasteiger partial charge is 0.115 e. The van der Waals surface area contributed by atoms with E-state index in [-0.39, 0.29) is 0 Å². The van der Waals surface area contributed by atoms with Gasteiger partial charge in [0, 0.05) is 0 Å². The summed E-state index contributed by atoms with van der Waals surface area (Å²) in [4.78, 5) is 0. The van der Waals surface area contributed by atoms with Crippen LogP contribution in [-0.2, 0) is 12.8 Å². The highest BCUT2D eigenvalue weighted by molar-refractivity contribution is 5.36. The maximum absolute atomic E-state index is 9.35. The van der Waals surface area contributed by atoms with Crippen LogP contribution in [0.3, 0.4) is 0 Å². The van der Waals surface area contributed by atoms with Crippen LogP contribution in [0.2, 0.25) is 0 Å². The minimum absolute atomic E-state index is 0.399. The Hall–Kier alpha value is -1.02. The van der Waals surface area contributed by atoms with E-state index in [4.69, 9.17) is 0 Å². The van der Waals surface area contributed by atoms with Crippen LogP contribution in [0.5, 0.6) is 5.75 Å². The van der Waals surface area contributed by atoms with Crippen molar-refractivity contribution in [3.63, 3.8) is 0 Å². The Morgan fingerprint density at radius 3 is 3.07 bits per heavy atom. The van der Waals surface area contributed by atoms with E-state index in [1.54, 1.807) is 6.07 Å². The molecule has 0 heterocycles. The molecular weight excluding hydrogens is 174 g/mol. The first-order chi connectivity index (χ1) is 6.79. The van der Waals surface area contributed by atoms with Crippen LogP contribution in [0, 0.1) is 5.92 Å².